The van der Waals surface area contributed by atoms with Crippen LogP contribution in [0.3, 0.4) is 0 Å². The molecule has 0 aliphatic carbocycles. The lowest BCUT2D eigenvalue weighted by Gasteiger charge is -2.11. The highest BCUT2D eigenvalue weighted by atomic mass is 32.2. The van der Waals surface area contributed by atoms with Crippen molar-refractivity contribution < 1.29 is 18.3 Å². The predicted molar refractivity (Wildman–Crippen MR) is 76.7 cm³/mol. The van der Waals surface area contributed by atoms with Crippen molar-refractivity contribution in [2.24, 2.45) is 0 Å². The molecule has 0 saturated carbocycles. The number of sulfonamides is 1. The van der Waals surface area contributed by atoms with Crippen molar-refractivity contribution in [2.45, 2.75) is 18.7 Å². The highest BCUT2D eigenvalue weighted by Crippen LogP contribution is 2.24. The van der Waals surface area contributed by atoms with Gasteiger partial charge in [-0.3, -0.25) is 9.82 Å². The minimum Gasteiger partial charge on any atom is -0.478 e. The SMILES string of the molecule is Cc1n[nH]c(C)c1NS(=O)(=O)c1ccc(N)cc1C(=O)O. The molecule has 1 aromatic carbocycles. The number of nitrogens with one attached hydrogen (secondary N) is 2. The van der Waals surface area contributed by atoms with Crippen LogP contribution in [0, 0.1) is 13.8 Å². The maximum atomic E-state index is 12.4. The van der Waals surface area contributed by atoms with E-state index in [4.69, 9.17) is 10.8 Å². The van der Waals surface area contributed by atoms with E-state index in [2.05, 4.69) is 14.9 Å². The molecule has 112 valence electrons. The van der Waals surface area contributed by atoms with Gasteiger partial charge in [-0.05, 0) is 32.0 Å². The number of nitrogen functional groups attached to an aromatic ring is 1. The van der Waals surface area contributed by atoms with E-state index in [0.29, 0.717) is 17.1 Å². The number of aryl methyl sites for hydroxylation is 2. The highest BCUT2D eigenvalue weighted by molar-refractivity contribution is 7.92. The summed E-state index contributed by atoms with van der Waals surface area (Å²) in [6.45, 7) is 3.28. The number of rotatable bonds is 4. The summed E-state index contributed by atoms with van der Waals surface area (Å²) in [4.78, 5) is 10.8. The van der Waals surface area contributed by atoms with Gasteiger partial charge in [0, 0.05) is 5.69 Å². The Morgan fingerprint density at radius 1 is 1.38 bits per heavy atom. The molecule has 2 rings (SSSR count). The molecule has 0 bridgehead atoms. The van der Waals surface area contributed by atoms with Gasteiger partial charge >= 0.3 is 5.97 Å². The molecule has 0 aliphatic heterocycles. The number of aromatic amines is 1. The second-order valence-corrected chi connectivity index (χ2v) is 6.13. The van der Waals surface area contributed by atoms with E-state index in [1.54, 1.807) is 13.8 Å². The Morgan fingerprint density at radius 3 is 2.57 bits per heavy atom. The smallest absolute Gasteiger partial charge is 0.337 e. The van der Waals surface area contributed by atoms with Gasteiger partial charge in [-0.25, -0.2) is 13.2 Å². The summed E-state index contributed by atoms with van der Waals surface area (Å²) in [5.74, 6) is -1.37. The lowest BCUT2D eigenvalue weighted by Crippen LogP contribution is -2.18. The van der Waals surface area contributed by atoms with Gasteiger partial charge in [0.1, 0.15) is 4.90 Å². The first kappa shape index (κ1) is 14.9. The van der Waals surface area contributed by atoms with E-state index in [1.165, 1.54) is 6.07 Å². The third kappa shape index (κ3) is 2.82. The largest absolute Gasteiger partial charge is 0.478 e. The van der Waals surface area contributed by atoms with Gasteiger partial charge in [0.25, 0.3) is 10.0 Å². The fraction of sp³-hybridized carbons (Fsp3) is 0.167. The second-order valence-electron chi connectivity index (χ2n) is 4.48. The van der Waals surface area contributed by atoms with Gasteiger partial charge in [0.05, 0.1) is 22.6 Å². The van der Waals surface area contributed by atoms with Gasteiger partial charge < -0.3 is 10.8 Å². The third-order valence-electron chi connectivity index (χ3n) is 2.89. The van der Waals surface area contributed by atoms with Crippen molar-refractivity contribution in [2.75, 3.05) is 10.5 Å². The number of hydrogen-bond acceptors (Lipinski definition) is 5. The molecule has 0 spiro atoms. The number of nitrogens with zero attached hydrogens (tertiary/aromatic N) is 1. The van der Waals surface area contributed by atoms with Crippen molar-refractivity contribution in [3.63, 3.8) is 0 Å². The molecule has 0 amide bonds. The highest BCUT2D eigenvalue weighted by Gasteiger charge is 2.24. The Kier molecular flexibility index (Phi) is 3.60. The van der Waals surface area contributed by atoms with Crippen LogP contribution in [0.5, 0.6) is 0 Å². The summed E-state index contributed by atoms with van der Waals surface area (Å²) in [5.41, 5.74) is 6.57. The van der Waals surface area contributed by atoms with Crippen LogP contribution in [-0.2, 0) is 10.0 Å². The monoisotopic (exact) mass is 310 g/mol. The van der Waals surface area contributed by atoms with Crippen molar-refractivity contribution in [3.05, 3.63) is 35.2 Å². The molecule has 0 saturated heterocycles. The molecule has 1 aromatic heterocycles. The number of H-pyrrole nitrogens is 1. The Balaban J connectivity index is 2.53. The average molecular weight is 310 g/mol. The van der Waals surface area contributed by atoms with Crippen molar-refractivity contribution in [1.29, 1.82) is 0 Å². The predicted octanol–water partition coefficient (Wildman–Crippen LogP) is 1.11. The fourth-order valence-electron chi connectivity index (χ4n) is 1.84. The molecule has 2 aromatic rings. The number of aromatic nitrogens is 2. The Bertz CT molecular complexity index is 791. The zero-order chi connectivity index (χ0) is 15.8. The normalized spacial score (nSPS) is 11.3. The van der Waals surface area contributed by atoms with E-state index in [1.807, 2.05) is 0 Å². The van der Waals surface area contributed by atoms with Gasteiger partial charge in [-0.15, -0.1) is 0 Å². The molecular weight excluding hydrogens is 296 g/mol. The van der Waals surface area contributed by atoms with Crippen LogP contribution in [0.1, 0.15) is 21.7 Å². The molecule has 8 nitrogen and oxygen atoms in total. The third-order valence-corrected chi connectivity index (χ3v) is 4.30. The molecule has 1 heterocycles. The fourth-order valence-corrected chi connectivity index (χ4v) is 3.20. The number of anilines is 2. The van der Waals surface area contributed by atoms with Crippen LogP contribution >= 0.6 is 0 Å². The van der Waals surface area contributed by atoms with Gasteiger partial charge in [0.2, 0.25) is 0 Å². The molecule has 0 atom stereocenters. The molecule has 0 unspecified atom stereocenters. The first-order valence-electron chi connectivity index (χ1n) is 5.89. The number of benzene rings is 1. The number of carbonyl (C=O) groups is 1. The zero-order valence-corrected chi connectivity index (χ0v) is 12.2. The Morgan fingerprint density at radius 2 is 2.05 bits per heavy atom. The summed E-state index contributed by atoms with van der Waals surface area (Å²) in [5, 5.41) is 15.6. The standard InChI is InChI=1S/C12H14N4O4S/c1-6-11(7(2)15-14-6)16-21(19,20)10-4-3-8(13)5-9(10)12(17)18/h3-5,16H,13H2,1-2H3,(H,14,15)(H,17,18). The average Bonchev–Trinajstić information content (AvgIpc) is 2.69. The number of nitrogens with two attached hydrogens (primary N) is 1. The van der Waals surface area contributed by atoms with Gasteiger partial charge in [-0.1, -0.05) is 0 Å². The minimum absolute atomic E-state index is 0.169. The first-order valence-corrected chi connectivity index (χ1v) is 7.38. The lowest BCUT2D eigenvalue weighted by atomic mass is 10.2. The summed E-state index contributed by atoms with van der Waals surface area (Å²) in [6.07, 6.45) is 0. The van der Waals surface area contributed by atoms with Crippen LogP contribution in [0.25, 0.3) is 0 Å². The Labute approximate surface area is 121 Å². The van der Waals surface area contributed by atoms with Crippen molar-refractivity contribution in [3.8, 4) is 0 Å². The van der Waals surface area contributed by atoms with Crippen molar-refractivity contribution in [1.82, 2.24) is 10.2 Å². The molecule has 5 N–H and O–H groups in total. The van der Waals surface area contributed by atoms with Crippen LogP contribution in [0.2, 0.25) is 0 Å². The summed E-state index contributed by atoms with van der Waals surface area (Å²) in [7, 11) is -4.07. The van der Waals surface area contributed by atoms with Crippen molar-refractivity contribution >= 4 is 27.4 Å². The van der Waals surface area contributed by atoms with E-state index < -0.39 is 16.0 Å². The lowest BCUT2D eigenvalue weighted by molar-refractivity contribution is 0.0692. The van der Waals surface area contributed by atoms with E-state index in [-0.39, 0.29) is 16.1 Å². The molecule has 9 heteroatoms. The first-order chi connectivity index (χ1) is 9.72. The van der Waals surface area contributed by atoms with Gasteiger partial charge in [0.15, 0.2) is 0 Å². The summed E-state index contributed by atoms with van der Waals surface area (Å²) < 4.78 is 27.1. The van der Waals surface area contributed by atoms with E-state index >= 15 is 0 Å². The maximum Gasteiger partial charge on any atom is 0.337 e. The van der Waals surface area contributed by atoms with Crippen LogP contribution in [0.4, 0.5) is 11.4 Å². The van der Waals surface area contributed by atoms with Crippen LogP contribution < -0.4 is 10.5 Å². The number of carboxylic acids is 1. The quantitative estimate of drug-likeness (QED) is 0.624. The second kappa shape index (κ2) is 5.09. The van der Waals surface area contributed by atoms with E-state index in [0.717, 1.165) is 12.1 Å². The topological polar surface area (TPSA) is 138 Å². The Hall–Kier alpha value is -2.55. The number of carboxylic acid groups (broad SMARTS) is 1. The molecule has 0 radical (unpaired) electrons. The van der Waals surface area contributed by atoms with Crippen LogP contribution in [0.15, 0.2) is 23.1 Å². The molecule has 21 heavy (non-hydrogen) atoms. The van der Waals surface area contributed by atoms with Gasteiger partial charge in [-0.2, -0.15) is 5.10 Å². The molecule has 0 fully saturated rings. The number of hydrogen-bond donors (Lipinski definition) is 4. The summed E-state index contributed by atoms with van der Waals surface area (Å²) >= 11 is 0. The molecule has 0 aliphatic rings. The van der Waals surface area contributed by atoms with E-state index in [9.17, 15) is 13.2 Å². The number of aromatic carboxylic acids is 1. The molecular formula is C12H14N4O4S. The van der Waals surface area contributed by atoms with Crippen LogP contribution in [-0.4, -0.2) is 29.7 Å². The maximum absolute atomic E-state index is 12.4. The summed E-state index contributed by atoms with van der Waals surface area (Å²) in [6, 6.07) is 3.59. The zero-order valence-electron chi connectivity index (χ0n) is 11.3. The minimum atomic E-state index is -4.07.